The van der Waals surface area contributed by atoms with Crippen LogP contribution in [0.25, 0.3) is 22.2 Å². The van der Waals surface area contributed by atoms with Crippen LogP contribution >= 0.6 is 11.3 Å². The van der Waals surface area contributed by atoms with E-state index in [0.29, 0.717) is 28.6 Å². The number of thiazole rings is 1. The van der Waals surface area contributed by atoms with Gasteiger partial charge in [-0.05, 0) is 63.3 Å². The normalized spacial score (nSPS) is 17.6. The van der Waals surface area contributed by atoms with Gasteiger partial charge in [-0.1, -0.05) is 0 Å². The van der Waals surface area contributed by atoms with E-state index in [0.717, 1.165) is 35.8 Å². The number of aryl methyl sites for hydroxylation is 2. The van der Waals surface area contributed by atoms with E-state index in [4.69, 9.17) is 0 Å². The summed E-state index contributed by atoms with van der Waals surface area (Å²) in [5.74, 6) is -1.22. The first-order chi connectivity index (χ1) is 17.3. The zero-order valence-electron chi connectivity index (χ0n) is 19.8. The minimum absolute atomic E-state index is 0.0267. The Morgan fingerprint density at radius 1 is 1.19 bits per heavy atom. The average molecular weight is 507 g/mol. The van der Waals surface area contributed by atoms with Crippen molar-refractivity contribution in [2.24, 2.45) is 0 Å². The van der Waals surface area contributed by atoms with Crippen molar-refractivity contribution in [2.75, 3.05) is 5.32 Å². The average Bonchev–Trinajstić information content (AvgIpc) is 3.46. The summed E-state index contributed by atoms with van der Waals surface area (Å²) in [5.41, 5.74) is 3.98. The van der Waals surface area contributed by atoms with Crippen molar-refractivity contribution in [3.8, 4) is 17.3 Å². The van der Waals surface area contributed by atoms with Gasteiger partial charge in [0, 0.05) is 34.1 Å². The molecule has 4 aromatic rings. The predicted octanol–water partition coefficient (Wildman–Crippen LogP) is 5.61. The molecule has 2 atom stereocenters. The monoisotopic (exact) mass is 506 g/mol. The highest BCUT2D eigenvalue weighted by Crippen LogP contribution is 2.34. The third-order valence-electron chi connectivity index (χ3n) is 6.55. The summed E-state index contributed by atoms with van der Waals surface area (Å²) in [7, 11) is 0. The number of hydrogen-bond donors (Lipinski definition) is 3. The molecule has 0 saturated heterocycles. The van der Waals surface area contributed by atoms with Gasteiger partial charge in [0.2, 0.25) is 0 Å². The van der Waals surface area contributed by atoms with Crippen molar-refractivity contribution < 1.29 is 13.6 Å². The molecule has 1 amide bonds. The highest BCUT2D eigenvalue weighted by atomic mass is 32.1. The van der Waals surface area contributed by atoms with Crippen LogP contribution < -0.4 is 10.6 Å². The van der Waals surface area contributed by atoms with Gasteiger partial charge in [-0.25, -0.2) is 18.7 Å². The summed E-state index contributed by atoms with van der Waals surface area (Å²) in [6.07, 6.45) is 4.65. The predicted molar refractivity (Wildman–Crippen MR) is 135 cm³/mol. The summed E-state index contributed by atoms with van der Waals surface area (Å²) >= 11 is 1.42. The smallest absolute Gasteiger partial charge is 0.271 e. The van der Waals surface area contributed by atoms with Gasteiger partial charge >= 0.3 is 0 Å². The van der Waals surface area contributed by atoms with Crippen LogP contribution in [0.3, 0.4) is 0 Å². The molecule has 3 aromatic heterocycles. The van der Waals surface area contributed by atoms with Crippen LogP contribution in [0.4, 0.5) is 14.6 Å². The summed E-state index contributed by atoms with van der Waals surface area (Å²) in [4.78, 5) is 25.0. The maximum absolute atomic E-state index is 15.0. The number of anilines is 1. The Labute approximate surface area is 210 Å². The zero-order chi connectivity index (χ0) is 25.4. The summed E-state index contributed by atoms with van der Waals surface area (Å²) in [6.45, 7) is 3.64. The highest BCUT2D eigenvalue weighted by molar-refractivity contribution is 7.09. The lowest BCUT2D eigenvalue weighted by molar-refractivity contribution is 0.0921. The number of fused-ring (bicyclic) bond motifs is 1. The Kier molecular flexibility index (Phi) is 6.41. The van der Waals surface area contributed by atoms with E-state index in [-0.39, 0.29) is 35.1 Å². The number of aromatic nitrogens is 3. The van der Waals surface area contributed by atoms with Crippen molar-refractivity contribution in [1.82, 2.24) is 20.3 Å². The number of nitriles is 1. The van der Waals surface area contributed by atoms with Crippen LogP contribution in [0.2, 0.25) is 0 Å². The van der Waals surface area contributed by atoms with E-state index in [1.807, 2.05) is 19.1 Å². The second-order valence-electron chi connectivity index (χ2n) is 9.13. The van der Waals surface area contributed by atoms with Crippen molar-refractivity contribution in [1.29, 1.82) is 5.26 Å². The van der Waals surface area contributed by atoms with Crippen molar-refractivity contribution in [3.63, 3.8) is 0 Å². The van der Waals surface area contributed by atoms with Crippen LogP contribution in [-0.4, -0.2) is 32.9 Å². The van der Waals surface area contributed by atoms with Crippen molar-refractivity contribution >= 4 is 34.0 Å². The van der Waals surface area contributed by atoms with Crippen LogP contribution in [0, 0.1) is 36.8 Å². The minimum Gasteiger partial charge on any atom is -0.365 e. The molecule has 1 aliphatic carbocycles. The zero-order valence-corrected chi connectivity index (χ0v) is 20.6. The molecule has 1 fully saturated rings. The number of nitrogens with one attached hydrogen (secondary N) is 3. The summed E-state index contributed by atoms with van der Waals surface area (Å²) in [6, 6.07) is 6.19. The quantitative estimate of drug-likeness (QED) is 0.326. The number of H-pyrrole nitrogens is 1. The van der Waals surface area contributed by atoms with Gasteiger partial charge in [0.15, 0.2) is 11.6 Å². The number of carbonyl (C=O) groups excluding carboxylic acids is 1. The van der Waals surface area contributed by atoms with Crippen molar-refractivity contribution in [3.05, 3.63) is 63.2 Å². The molecule has 1 saturated carbocycles. The molecule has 0 spiro atoms. The Balaban J connectivity index is 1.40. The second kappa shape index (κ2) is 9.66. The molecule has 0 unspecified atom stereocenters. The molecule has 0 aliphatic heterocycles. The van der Waals surface area contributed by atoms with Crippen LogP contribution in [0.15, 0.2) is 29.9 Å². The van der Waals surface area contributed by atoms with Crippen LogP contribution in [0.5, 0.6) is 0 Å². The van der Waals surface area contributed by atoms with Gasteiger partial charge < -0.3 is 15.6 Å². The minimum atomic E-state index is -0.637. The molecular formula is C26H24F2N6OS. The van der Waals surface area contributed by atoms with E-state index >= 15 is 0 Å². The fraction of sp³-hybridized carbons (Fsp3) is 0.308. The first-order valence-electron chi connectivity index (χ1n) is 11.7. The number of hydrogen-bond acceptors (Lipinski definition) is 6. The molecule has 7 nitrogen and oxygen atoms in total. The summed E-state index contributed by atoms with van der Waals surface area (Å²) in [5, 5.41) is 16.4. The van der Waals surface area contributed by atoms with Gasteiger partial charge in [0.05, 0.1) is 22.3 Å². The van der Waals surface area contributed by atoms with Gasteiger partial charge in [0.25, 0.3) is 5.91 Å². The Hall–Kier alpha value is -3.84. The SMILES string of the molecule is Cc1cc(F)c2[nH]cc(-c3nc(N[C@@H]4CCC[C@@H](NC(=O)c5ncsc5C)C4)c(F)cc3C#N)c2c1. The molecule has 0 radical (unpaired) electrons. The number of carbonyl (C=O) groups is 1. The van der Waals surface area contributed by atoms with Crippen molar-refractivity contribution in [2.45, 2.75) is 51.6 Å². The standard InChI is InChI=1S/C26H24F2N6OS/c1-13-6-18-19(11-30-24(18)20(27)7-13)23-15(10-29)8-21(28)25(34-23)32-16-4-3-5-17(9-16)33-26(35)22-14(2)36-12-31-22/h6-8,11-12,16-17,30H,3-5,9H2,1-2H3,(H,32,34)(H,33,35)/t16-,17-/m1/s1. The second-order valence-corrected chi connectivity index (χ2v) is 10.2. The Bertz CT molecular complexity index is 1500. The number of aromatic amines is 1. The summed E-state index contributed by atoms with van der Waals surface area (Å²) < 4.78 is 29.4. The number of halogens is 2. The molecule has 3 N–H and O–H groups in total. The lowest BCUT2D eigenvalue weighted by Crippen LogP contribution is -2.42. The Morgan fingerprint density at radius 2 is 2.00 bits per heavy atom. The van der Waals surface area contributed by atoms with Gasteiger partial charge in [-0.3, -0.25) is 4.79 Å². The maximum Gasteiger partial charge on any atom is 0.271 e. The molecule has 184 valence electrons. The molecule has 1 aromatic carbocycles. The topological polar surface area (TPSA) is 106 Å². The first kappa shape index (κ1) is 23.9. The highest BCUT2D eigenvalue weighted by Gasteiger charge is 2.26. The Morgan fingerprint density at radius 3 is 2.75 bits per heavy atom. The number of pyridine rings is 1. The largest absolute Gasteiger partial charge is 0.365 e. The number of rotatable bonds is 5. The fourth-order valence-corrected chi connectivity index (χ4v) is 5.40. The number of amides is 1. The first-order valence-corrected chi connectivity index (χ1v) is 12.6. The molecule has 36 heavy (non-hydrogen) atoms. The third kappa shape index (κ3) is 4.54. The van der Waals surface area contributed by atoms with Gasteiger partial charge in [-0.2, -0.15) is 5.26 Å². The molecule has 1 aliphatic rings. The number of nitrogens with zero attached hydrogens (tertiary/aromatic N) is 3. The van der Waals surface area contributed by atoms with Crippen LogP contribution in [0.1, 0.15) is 52.2 Å². The molecule has 5 rings (SSSR count). The maximum atomic E-state index is 15.0. The molecule has 3 heterocycles. The van der Waals surface area contributed by atoms with E-state index in [9.17, 15) is 18.8 Å². The lowest BCUT2D eigenvalue weighted by Gasteiger charge is -2.30. The van der Waals surface area contributed by atoms with Crippen LogP contribution in [-0.2, 0) is 0 Å². The van der Waals surface area contributed by atoms with E-state index in [1.165, 1.54) is 17.4 Å². The van der Waals surface area contributed by atoms with Gasteiger partial charge in [-0.15, -0.1) is 11.3 Å². The van der Waals surface area contributed by atoms with E-state index < -0.39 is 11.6 Å². The van der Waals surface area contributed by atoms with E-state index in [1.54, 1.807) is 18.6 Å². The molecular weight excluding hydrogens is 482 g/mol. The number of benzene rings is 1. The third-order valence-corrected chi connectivity index (χ3v) is 7.30. The van der Waals surface area contributed by atoms with E-state index in [2.05, 4.69) is 25.6 Å². The lowest BCUT2D eigenvalue weighted by atomic mass is 9.90. The molecule has 10 heteroatoms. The molecule has 0 bridgehead atoms. The fourth-order valence-electron chi connectivity index (χ4n) is 4.82. The van der Waals surface area contributed by atoms with Gasteiger partial charge in [0.1, 0.15) is 17.6 Å².